The molecule has 12 heteroatoms. The molecule has 8 nitrogen and oxygen atoms in total. The first-order valence-corrected chi connectivity index (χ1v) is 11.9. The lowest BCUT2D eigenvalue weighted by atomic mass is 10.2. The quantitative estimate of drug-likeness (QED) is 0.456. The molecule has 1 fully saturated rings. The molecule has 3 aromatic rings. The maximum absolute atomic E-state index is 13.3. The molecule has 0 saturated carbocycles. The number of carbonyl (C=O) groups excluding carboxylic acids is 1. The number of alkyl halides is 3. The van der Waals surface area contributed by atoms with Crippen molar-refractivity contribution in [2.45, 2.75) is 56.7 Å². The molecule has 1 unspecified atom stereocenters. The van der Waals surface area contributed by atoms with Crippen LogP contribution in [-0.4, -0.2) is 48.9 Å². The lowest BCUT2D eigenvalue weighted by Gasteiger charge is -2.14. The van der Waals surface area contributed by atoms with Gasteiger partial charge in [-0.2, -0.15) is 18.3 Å². The summed E-state index contributed by atoms with van der Waals surface area (Å²) in [6, 6.07) is 6.85. The van der Waals surface area contributed by atoms with Crippen molar-refractivity contribution in [3.8, 4) is 5.69 Å². The van der Waals surface area contributed by atoms with Gasteiger partial charge >= 0.3 is 6.18 Å². The van der Waals surface area contributed by atoms with Crippen LogP contribution in [0, 0.1) is 6.92 Å². The van der Waals surface area contributed by atoms with E-state index in [4.69, 9.17) is 4.74 Å². The van der Waals surface area contributed by atoms with E-state index >= 15 is 0 Å². The first kappa shape index (κ1) is 24.3. The van der Waals surface area contributed by atoms with Crippen LogP contribution in [0.1, 0.15) is 36.3 Å². The number of nitrogens with zero attached hydrogens (tertiary/aromatic N) is 5. The molecule has 1 aliphatic rings. The SMILES string of the molecule is Cc1ccn(CCC(=O)NCc2nnc(SCC3CCCO3)n2-c2cccc(C(F)(F)F)c2)n1. The second-order valence-corrected chi connectivity index (χ2v) is 8.96. The van der Waals surface area contributed by atoms with E-state index in [0.29, 0.717) is 29.9 Å². The number of rotatable bonds is 9. The molecule has 182 valence electrons. The highest BCUT2D eigenvalue weighted by molar-refractivity contribution is 7.99. The normalized spacial score (nSPS) is 16.2. The average molecular weight is 495 g/mol. The number of carbonyl (C=O) groups is 1. The van der Waals surface area contributed by atoms with Crippen LogP contribution >= 0.6 is 11.8 Å². The summed E-state index contributed by atoms with van der Waals surface area (Å²) in [5.41, 5.74) is 0.381. The van der Waals surface area contributed by atoms with E-state index in [1.54, 1.807) is 21.5 Å². The van der Waals surface area contributed by atoms with E-state index in [1.807, 2.05) is 13.0 Å². The van der Waals surface area contributed by atoms with Crippen LogP contribution in [0.2, 0.25) is 0 Å². The van der Waals surface area contributed by atoms with Gasteiger partial charge < -0.3 is 10.1 Å². The van der Waals surface area contributed by atoms with Crippen molar-refractivity contribution in [3.05, 3.63) is 53.6 Å². The number of aromatic nitrogens is 5. The third-order valence-corrected chi connectivity index (χ3v) is 6.40. The summed E-state index contributed by atoms with van der Waals surface area (Å²) in [6.45, 7) is 3.02. The Kier molecular flexibility index (Phi) is 7.57. The van der Waals surface area contributed by atoms with Crippen molar-refractivity contribution < 1.29 is 22.7 Å². The van der Waals surface area contributed by atoms with E-state index in [-0.39, 0.29) is 30.7 Å². The molecule has 0 bridgehead atoms. The minimum Gasteiger partial charge on any atom is -0.377 e. The van der Waals surface area contributed by atoms with Gasteiger partial charge in [0.2, 0.25) is 5.91 Å². The third-order valence-electron chi connectivity index (χ3n) is 5.34. The van der Waals surface area contributed by atoms with Gasteiger partial charge in [-0.3, -0.25) is 14.0 Å². The summed E-state index contributed by atoms with van der Waals surface area (Å²) in [6.07, 6.45) is -0.478. The third kappa shape index (κ3) is 6.17. The van der Waals surface area contributed by atoms with Gasteiger partial charge in [0, 0.05) is 31.5 Å². The number of aryl methyl sites for hydroxylation is 2. The lowest BCUT2D eigenvalue weighted by molar-refractivity contribution is -0.137. The first-order valence-electron chi connectivity index (χ1n) is 10.9. The zero-order valence-electron chi connectivity index (χ0n) is 18.6. The van der Waals surface area contributed by atoms with Gasteiger partial charge in [0.25, 0.3) is 0 Å². The predicted molar refractivity (Wildman–Crippen MR) is 119 cm³/mol. The van der Waals surface area contributed by atoms with Crippen LogP contribution in [-0.2, 0) is 28.8 Å². The van der Waals surface area contributed by atoms with Gasteiger partial charge in [0.15, 0.2) is 11.0 Å². The van der Waals surface area contributed by atoms with Gasteiger partial charge in [0.05, 0.1) is 29.6 Å². The number of thioether (sulfide) groups is 1. The highest BCUT2D eigenvalue weighted by atomic mass is 32.2. The van der Waals surface area contributed by atoms with Gasteiger partial charge in [-0.1, -0.05) is 17.8 Å². The Morgan fingerprint density at radius 2 is 2.15 bits per heavy atom. The maximum Gasteiger partial charge on any atom is 0.416 e. The zero-order valence-corrected chi connectivity index (χ0v) is 19.4. The van der Waals surface area contributed by atoms with Crippen molar-refractivity contribution in [1.29, 1.82) is 0 Å². The minimum absolute atomic E-state index is 0.0285. The monoisotopic (exact) mass is 494 g/mol. The van der Waals surface area contributed by atoms with Gasteiger partial charge in [0.1, 0.15) is 0 Å². The van der Waals surface area contributed by atoms with Crippen molar-refractivity contribution in [1.82, 2.24) is 29.9 Å². The largest absolute Gasteiger partial charge is 0.416 e. The fraction of sp³-hybridized carbons (Fsp3) is 0.455. The molecule has 0 spiro atoms. The molecular weight excluding hydrogens is 469 g/mol. The second-order valence-electron chi connectivity index (χ2n) is 7.98. The summed E-state index contributed by atoms with van der Waals surface area (Å²) in [4.78, 5) is 12.4. The first-order chi connectivity index (χ1) is 16.3. The molecule has 0 radical (unpaired) electrons. The smallest absolute Gasteiger partial charge is 0.377 e. The van der Waals surface area contributed by atoms with Crippen LogP contribution in [0.4, 0.5) is 13.2 Å². The molecular formula is C22H25F3N6O2S. The molecule has 2 aromatic heterocycles. The molecule has 0 aliphatic carbocycles. The standard InChI is InChI=1S/C22H25F3N6O2S/c1-15-7-9-30(29-15)10-8-20(32)26-13-19-27-28-21(34-14-18-6-3-11-33-18)31(19)17-5-2-4-16(12-17)22(23,24)25/h2,4-5,7,9,12,18H,3,6,8,10-11,13-14H2,1H3,(H,26,32). The molecule has 34 heavy (non-hydrogen) atoms. The van der Waals surface area contributed by atoms with Crippen LogP contribution in [0.3, 0.4) is 0 Å². The summed E-state index contributed by atoms with van der Waals surface area (Å²) in [5.74, 6) is 0.741. The average Bonchev–Trinajstić information content (AvgIpc) is 3.55. The molecule has 1 amide bonds. The van der Waals surface area contributed by atoms with Crippen molar-refractivity contribution in [2.75, 3.05) is 12.4 Å². The molecule has 4 rings (SSSR count). The Balaban J connectivity index is 1.50. The Morgan fingerprint density at radius 1 is 1.29 bits per heavy atom. The molecule has 1 atom stereocenters. The van der Waals surface area contributed by atoms with Crippen molar-refractivity contribution in [2.24, 2.45) is 0 Å². The van der Waals surface area contributed by atoms with Crippen LogP contribution in [0.25, 0.3) is 5.69 Å². The second kappa shape index (κ2) is 10.6. The summed E-state index contributed by atoms with van der Waals surface area (Å²) in [5, 5.41) is 15.8. The number of hydrogen-bond donors (Lipinski definition) is 1. The van der Waals surface area contributed by atoms with E-state index in [9.17, 15) is 18.0 Å². The maximum atomic E-state index is 13.3. The Hall–Kier alpha value is -2.86. The van der Waals surface area contributed by atoms with E-state index < -0.39 is 11.7 Å². The number of amides is 1. The number of hydrogen-bond acceptors (Lipinski definition) is 6. The lowest BCUT2D eigenvalue weighted by Crippen LogP contribution is -2.25. The van der Waals surface area contributed by atoms with Crippen LogP contribution in [0.5, 0.6) is 0 Å². The highest BCUT2D eigenvalue weighted by Gasteiger charge is 2.31. The number of benzene rings is 1. The molecule has 1 aromatic carbocycles. The number of ether oxygens (including phenoxy) is 1. The van der Waals surface area contributed by atoms with E-state index in [2.05, 4.69) is 20.6 Å². The minimum atomic E-state index is -4.48. The molecule has 3 heterocycles. The fourth-order valence-electron chi connectivity index (χ4n) is 3.60. The van der Waals surface area contributed by atoms with E-state index in [1.165, 1.54) is 17.8 Å². The Bertz CT molecular complexity index is 1120. The van der Waals surface area contributed by atoms with E-state index in [0.717, 1.165) is 30.7 Å². The van der Waals surface area contributed by atoms with Gasteiger partial charge in [-0.15, -0.1) is 10.2 Å². The van der Waals surface area contributed by atoms with Gasteiger partial charge in [-0.05, 0) is 44.0 Å². The molecule has 1 aliphatic heterocycles. The number of nitrogens with one attached hydrogen (secondary N) is 1. The highest BCUT2D eigenvalue weighted by Crippen LogP contribution is 2.32. The van der Waals surface area contributed by atoms with Gasteiger partial charge in [-0.25, -0.2) is 0 Å². The van der Waals surface area contributed by atoms with Crippen molar-refractivity contribution in [3.63, 3.8) is 0 Å². The van der Waals surface area contributed by atoms with Crippen LogP contribution in [0.15, 0.2) is 41.7 Å². The predicted octanol–water partition coefficient (Wildman–Crippen LogP) is 3.77. The van der Waals surface area contributed by atoms with Crippen molar-refractivity contribution >= 4 is 17.7 Å². The Morgan fingerprint density at radius 3 is 2.85 bits per heavy atom. The topological polar surface area (TPSA) is 86.9 Å². The molecule has 1 N–H and O–H groups in total. The Labute approximate surface area is 198 Å². The summed E-state index contributed by atoms with van der Waals surface area (Å²) >= 11 is 1.38. The fourth-order valence-corrected chi connectivity index (χ4v) is 4.64. The summed E-state index contributed by atoms with van der Waals surface area (Å²) in [7, 11) is 0. The summed E-state index contributed by atoms with van der Waals surface area (Å²) < 4.78 is 48.8. The molecule has 1 saturated heterocycles. The zero-order chi connectivity index (χ0) is 24.1. The number of halogens is 3. The van der Waals surface area contributed by atoms with Crippen LogP contribution < -0.4 is 5.32 Å².